The summed E-state index contributed by atoms with van der Waals surface area (Å²) in [4.78, 5) is 25.4. The third-order valence-electron chi connectivity index (χ3n) is 4.82. The lowest BCUT2D eigenvalue weighted by molar-refractivity contribution is -0.113. The highest BCUT2D eigenvalue weighted by Gasteiger charge is 2.18. The summed E-state index contributed by atoms with van der Waals surface area (Å²) in [7, 11) is 1.60. The number of hydrogen-bond acceptors (Lipinski definition) is 7. The lowest BCUT2D eigenvalue weighted by atomic mass is 10.1. The normalized spacial score (nSPS) is 11.5. The van der Waals surface area contributed by atoms with Gasteiger partial charge in [-0.25, -0.2) is 0 Å². The summed E-state index contributed by atoms with van der Waals surface area (Å²) in [5.74, 6) is 1.72. The minimum Gasteiger partial charge on any atom is -0.497 e. The third-order valence-corrected chi connectivity index (χ3v) is 6.64. The average molecular weight is 458 g/mol. The number of nitrogens with one attached hydrogen (secondary N) is 1. The van der Waals surface area contributed by atoms with Gasteiger partial charge in [0.2, 0.25) is 11.7 Å². The fraction of sp³-hybridized carbons (Fsp3) is 0.333. The number of carbonyl (C=O) groups excluding carboxylic acids is 1. The summed E-state index contributed by atoms with van der Waals surface area (Å²) < 4.78 is 9.36. The van der Waals surface area contributed by atoms with Gasteiger partial charge in [-0.05, 0) is 48.1 Å². The topological polar surface area (TPSA) is 90.5 Å². The molecule has 0 saturated carbocycles. The van der Waals surface area contributed by atoms with E-state index >= 15 is 0 Å². The van der Waals surface area contributed by atoms with Gasteiger partial charge in [-0.2, -0.15) is 0 Å². The first-order chi connectivity index (χ1) is 15.0. The Labute approximate surface area is 187 Å². The van der Waals surface area contributed by atoms with Crippen molar-refractivity contribution in [1.82, 2.24) is 19.2 Å². The number of hydrogen-bond donors (Lipinski definition) is 1. The van der Waals surface area contributed by atoms with Gasteiger partial charge in [-0.15, -0.1) is 21.5 Å². The second-order valence-corrected chi connectivity index (χ2v) is 9.32. The molecule has 0 atom stereocenters. The zero-order valence-electron chi connectivity index (χ0n) is 17.5. The van der Waals surface area contributed by atoms with Crippen molar-refractivity contribution in [2.75, 3.05) is 18.2 Å². The maximum atomic E-state index is 13.0. The number of ether oxygens (including phenoxy) is 1. The van der Waals surface area contributed by atoms with Crippen LogP contribution in [0.15, 0.2) is 45.7 Å². The molecule has 0 saturated heterocycles. The standard InChI is InChI=1S/C21H23N5O3S2/c1-13(2)8-10-25-19(28)18-16(9-11-30-18)26-20(25)23-24-21(26)31-12-17(27)22-14-4-6-15(29-3)7-5-14/h4-7,9,11,13H,8,10,12H2,1-3H3,(H,22,27). The number of aryl methyl sites for hydroxylation is 1. The number of benzene rings is 1. The maximum absolute atomic E-state index is 13.0. The smallest absolute Gasteiger partial charge is 0.272 e. The molecule has 162 valence electrons. The van der Waals surface area contributed by atoms with Crippen LogP contribution in [-0.4, -0.2) is 37.9 Å². The number of amides is 1. The number of rotatable bonds is 8. The van der Waals surface area contributed by atoms with Crippen LogP contribution in [0.1, 0.15) is 20.3 Å². The lowest BCUT2D eigenvalue weighted by Crippen LogP contribution is -2.23. The van der Waals surface area contributed by atoms with Crippen LogP contribution < -0.4 is 15.6 Å². The summed E-state index contributed by atoms with van der Waals surface area (Å²) in [6.45, 7) is 4.82. The van der Waals surface area contributed by atoms with Gasteiger partial charge in [0.05, 0.1) is 18.4 Å². The van der Waals surface area contributed by atoms with Crippen molar-refractivity contribution in [1.29, 1.82) is 0 Å². The van der Waals surface area contributed by atoms with Gasteiger partial charge in [0, 0.05) is 12.2 Å². The molecule has 4 rings (SSSR count). The summed E-state index contributed by atoms with van der Waals surface area (Å²) in [5, 5.41) is 13.9. The second kappa shape index (κ2) is 9.11. The molecule has 3 aromatic heterocycles. The molecule has 0 spiro atoms. The minimum atomic E-state index is -0.151. The minimum absolute atomic E-state index is 0.0423. The van der Waals surface area contributed by atoms with Gasteiger partial charge in [0.15, 0.2) is 5.16 Å². The van der Waals surface area contributed by atoms with E-state index in [4.69, 9.17) is 4.74 Å². The molecule has 1 aromatic carbocycles. The van der Waals surface area contributed by atoms with E-state index in [1.54, 1.807) is 35.9 Å². The molecule has 0 fully saturated rings. The Bertz CT molecular complexity index is 1270. The molecule has 0 unspecified atom stereocenters. The van der Waals surface area contributed by atoms with E-state index in [-0.39, 0.29) is 17.2 Å². The maximum Gasteiger partial charge on any atom is 0.272 e. The largest absolute Gasteiger partial charge is 0.497 e. The van der Waals surface area contributed by atoms with E-state index in [1.165, 1.54) is 23.1 Å². The van der Waals surface area contributed by atoms with Gasteiger partial charge >= 0.3 is 0 Å². The molecular formula is C21H23N5O3S2. The summed E-state index contributed by atoms with van der Waals surface area (Å²) in [6, 6.07) is 9.05. The van der Waals surface area contributed by atoms with Crippen LogP contribution in [0.5, 0.6) is 5.75 Å². The number of thioether (sulfide) groups is 1. The van der Waals surface area contributed by atoms with Crippen molar-refractivity contribution in [3.05, 3.63) is 46.1 Å². The summed E-state index contributed by atoms with van der Waals surface area (Å²) >= 11 is 2.70. The number of methoxy groups -OCH3 is 1. The first-order valence-electron chi connectivity index (χ1n) is 9.89. The molecule has 0 bridgehead atoms. The monoisotopic (exact) mass is 457 g/mol. The molecule has 1 N–H and O–H groups in total. The summed E-state index contributed by atoms with van der Waals surface area (Å²) in [6.07, 6.45) is 0.867. The molecule has 0 aliphatic heterocycles. The molecule has 1 amide bonds. The number of carbonyl (C=O) groups is 1. The molecule has 4 aromatic rings. The zero-order chi connectivity index (χ0) is 22.0. The van der Waals surface area contributed by atoms with E-state index in [0.717, 1.165) is 17.7 Å². The van der Waals surface area contributed by atoms with E-state index < -0.39 is 0 Å². The first kappa shape index (κ1) is 21.4. The Hall–Kier alpha value is -2.85. The van der Waals surface area contributed by atoms with Crippen LogP contribution in [0.3, 0.4) is 0 Å². The fourth-order valence-electron chi connectivity index (χ4n) is 3.18. The van der Waals surface area contributed by atoms with Crippen LogP contribution in [0.25, 0.3) is 16.0 Å². The average Bonchev–Trinajstić information content (AvgIpc) is 3.39. The van der Waals surface area contributed by atoms with Gasteiger partial charge < -0.3 is 10.1 Å². The van der Waals surface area contributed by atoms with E-state index in [0.29, 0.717) is 33.8 Å². The number of nitrogens with zero attached hydrogens (tertiary/aromatic N) is 4. The number of fused-ring (bicyclic) bond motifs is 3. The Kier molecular flexibility index (Phi) is 6.28. The predicted octanol–water partition coefficient (Wildman–Crippen LogP) is 3.89. The molecule has 3 heterocycles. The van der Waals surface area contributed by atoms with Crippen LogP contribution in [0.2, 0.25) is 0 Å². The van der Waals surface area contributed by atoms with Crippen molar-refractivity contribution in [2.24, 2.45) is 5.92 Å². The molecule has 31 heavy (non-hydrogen) atoms. The summed E-state index contributed by atoms with van der Waals surface area (Å²) in [5.41, 5.74) is 1.42. The van der Waals surface area contributed by atoms with E-state index in [1.807, 2.05) is 15.8 Å². The Morgan fingerprint density at radius 2 is 2.00 bits per heavy atom. The highest BCUT2D eigenvalue weighted by Crippen LogP contribution is 2.25. The Balaban J connectivity index is 1.58. The molecule has 0 aliphatic rings. The SMILES string of the molecule is COc1ccc(NC(=O)CSc2nnc3n(CCC(C)C)c(=O)c4sccc4n23)cc1. The Morgan fingerprint density at radius 3 is 2.71 bits per heavy atom. The van der Waals surface area contributed by atoms with Gasteiger partial charge in [-0.1, -0.05) is 25.6 Å². The lowest BCUT2D eigenvalue weighted by Gasteiger charge is -2.10. The van der Waals surface area contributed by atoms with Crippen LogP contribution in [0.4, 0.5) is 5.69 Å². The molecule has 8 nitrogen and oxygen atoms in total. The van der Waals surface area contributed by atoms with Gasteiger partial charge in [0.25, 0.3) is 5.56 Å². The molecular weight excluding hydrogens is 434 g/mol. The predicted molar refractivity (Wildman–Crippen MR) is 124 cm³/mol. The van der Waals surface area contributed by atoms with Crippen LogP contribution in [0, 0.1) is 5.92 Å². The van der Waals surface area contributed by atoms with Crippen molar-refractivity contribution in [3.63, 3.8) is 0 Å². The highest BCUT2D eigenvalue weighted by molar-refractivity contribution is 7.99. The molecule has 10 heteroatoms. The van der Waals surface area contributed by atoms with Gasteiger partial charge in [-0.3, -0.25) is 18.6 Å². The fourth-order valence-corrected chi connectivity index (χ4v) is 4.75. The third kappa shape index (κ3) is 4.45. The second-order valence-electron chi connectivity index (χ2n) is 7.46. The molecule has 0 radical (unpaired) electrons. The quantitative estimate of drug-likeness (QED) is 0.404. The number of anilines is 1. The number of thiophene rings is 1. The Morgan fingerprint density at radius 1 is 1.23 bits per heavy atom. The van der Waals surface area contributed by atoms with E-state index in [2.05, 4.69) is 29.4 Å². The number of aromatic nitrogens is 4. The van der Waals surface area contributed by atoms with E-state index in [9.17, 15) is 9.59 Å². The van der Waals surface area contributed by atoms with Crippen LogP contribution >= 0.6 is 23.1 Å². The first-order valence-corrected chi connectivity index (χ1v) is 11.8. The van der Waals surface area contributed by atoms with Crippen molar-refractivity contribution in [3.8, 4) is 5.75 Å². The highest BCUT2D eigenvalue weighted by atomic mass is 32.2. The zero-order valence-corrected chi connectivity index (χ0v) is 19.1. The van der Waals surface area contributed by atoms with Gasteiger partial charge in [0.1, 0.15) is 10.4 Å². The van der Waals surface area contributed by atoms with Crippen LogP contribution in [-0.2, 0) is 11.3 Å². The molecule has 0 aliphatic carbocycles. The van der Waals surface area contributed by atoms with Crippen molar-refractivity contribution < 1.29 is 9.53 Å². The van der Waals surface area contributed by atoms with Crippen molar-refractivity contribution >= 4 is 50.7 Å². The van der Waals surface area contributed by atoms with Crippen molar-refractivity contribution in [2.45, 2.75) is 32.0 Å².